The minimum Gasteiger partial charge on any atom is -0.468 e. The fourth-order valence-corrected chi connectivity index (χ4v) is 14.1. The third kappa shape index (κ3) is 12.7. The first-order valence-electron chi connectivity index (χ1n) is 30.0. The van der Waals surface area contributed by atoms with Gasteiger partial charge in [-0.25, -0.2) is 14.2 Å². The molecule has 5 saturated heterocycles. The Kier molecular flexibility index (Phi) is 18.2. The molecule has 9 heterocycles. The molecule has 0 radical (unpaired) electrons. The molecule has 5 aliphatic heterocycles. The van der Waals surface area contributed by atoms with Crippen molar-refractivity contribution in [2.24, 2.45) is 5.92 Å². The van der Waals surface area contributed by atoms with E-state index < -0.39 is 23.9 Å². The summed E-state index contributed by atoms with van der Waals surface area (Å²) in [6.45, 7) is 13.9. The summed E-state index contributed by atoms with van der Waals surface area (Å²) >= 11 is 1.61. The molecule has 5 fully saturated rings. The third-order valence-corrected chi connectivity index (χ3v) is 18.6. The maximum atomic E-state index is 16.4. The number of amides is 3. The number of halogens is 1. The number of hydrogen-bond acceptors (Lipinski definition) is 17. The second-order valence-electron chi connectivity index (χ2n) is 23.6. The molecule has 0 spiro atoms. The highest BCUT2D eigenvalue weighted by Gasteiger charge is 2.42. The van der Waals surface area contributed by atoms with E-state index in [1.54, 1.807) is 42.7 Å². The van der Waals surface area contributed by atoms with Gasteiger partial charge < -0.3 is 48.8 Å². The van der Waals surface area contributed by atoms with Crippen LogP contribution in [0, 0.1) is 18.7 Å². The molecule has 450 valence electrons. The molecule has 12 rings (SSSR count). The molecule has 19 nitrogen and oxygen atoms in total. The molecule has 7 aromatic rings. The van der Waals surface area contributed by atoms with Crippen LogP contribution in [0.5, 0.6) is 11.8 Å². The van der Waals surface area contributed by atoms with Crippen molar-refractivity contribution in [2.75, 3.05) is 65.7 Å². The molecule has 2 bridgehead atoms. The van der Waals surface area contributed by atoms with Crippen molar-refractivity contribution in [3.05, 3.63) is 106 Å². The Hall–Kier alpha value is -7.33. The quantitative estimate of drug-likeness (QED) is 0.0768. The molecular weight excluding hydrogens is 1100 g/mol. The number of aromatic nitrogens is 5. The van der Waals surface area contributed by atoms with Crippen molar-refractivity contribution in [1.29, 1.82) is 0 Å². The molecule has 7 atom stereocenters. The summed E-state index contributed by atoms with van der Waals surface area (Å²) in [5.41, 5.74) is 7.66. The first-order chi connectivity index (χ1) is 41.2. The monoisotopic (exact) mass is 1180 g/mol. The van der Waals surface area contributed by atoms with Crippen molar-refractivity contribution in [1.82, 2.24) is 50.4 Å². The van der Waals surface area contributed by atoms with E-state index >= 15 is 4.39 Å². The minimum atomic E-state index is -0.604. The summed E-state index contributed by atoms with van der Waals surface area (Å²) in [6, 6.07) is 20.9. The number of nitrogens with one attached hydrogen (secondary N) is 2. The van der Waals surface area contributed by atoms with E-state index in [9.17, 15) is 14.4 Å². The number of hydrogen-bond donors (Lipinski definition) is 2. The van der Waals surface area contributed by atoms with Gasteiger partial charge in [0.15, 0.2) is 12.6 Å². The molecular formula is C64H78FN11O8S. The van der Waals surface area contributed by atoms with E-state index in [-0.39, 0.29) is 54.3 Å². The first-order valence-corrected chi connectivity index (χ1v) is 30.9. The molecule has 3 amide bonds. The van der Waals surface area contributed by atoms with Crippen molar-refractivity contribution < 1.29 is 42.2 Å². The van der Waals surface area contributed by atoms with Gasteiger partial charge in [0.1, 0.15) is 52.8 Å². The lowest BCUT2D eigenvalue weighted by atomic mass is 9.91. The van der Waals surface area contributed by atoms with Crippen molar-refractivity contribution in [3.8, 4) is 33.5 Å². The molecule has 0 aliphatic carbocycles. The lowest BCUT2D eigenvalue weighted by Gasteiger charge is -2.34. The molecule has 4 aromatic heterocycles. The number of methoxy groups -OCH3 is 2. The Balaban J connectivity index is 0.000000183. The van der Waals surface area contributed by atoms with E-state index in [2.05, 4.69) is 70.6 Å². The number of carbonyl (C=O) groups excluding carboxylic acids is 3. The van der Waals surface area contributed by atoms with Gasteiger partial charge in [-0.15, -0.1) is 11.3 Å². The minimum absolute atomic E-state index is 0.0898. The largest absolute Gasteiger partial charge is 0.468 e. The Bertz CT molecular complexity index is 3510. The number of carbonyl (C=O) groups is 3. The second kappa shape index (κ2) is 26.1. The van der Waals surface area contributed by atoms with Gasteiger partial charge in [0.2, 0.25) is 11.8 Å². The summed E-state index contributed by atoms with van der Waals surface area (Å²) in [5.74, 6) is 0.174. The zero-order valence-electron chi connectivity index (χ0n) is 49.9. The average molecular weight is 1180 g/mol. The number of aryl methyl sites for hydroxylation is 2. The SMILES string of the molecule is CCc1cccc2cc(OCOC)cc(-c3ncc4c(N5CC6CCC(C5)N6)nc(OC)nc4c3F)c12.Cc1ncsc1-c1ccc(C(C)NC(=O)C2CCCN2C(=O)C(c2cc(CN(C)C(=O)OCC3CCC4CCCN43)no2)C(C)C)cc1. The van der Waals surface area contributed by atoms with Crippen LogP contribution in [0.1, 0.15) is 119 Å². The number of benzene rings is 3. The number of ether oxygens (including phenoxy) is 4. The molecule has 2 N–H and O–H groups in total. The van der Waals surface area contributed by atoms with Gasteiger partial charge in [-0.2, -0.15) is 9.97 Å². The molecule has 0 saturated carbocycles. The van der Waals surface area contributed by atoms with Crippen molar-refractivity contribution in [2.45, 2.75) is 141 Å². The Labute approximate surface area is 500 Å². The van der Waals surface area contributed by atoms with Crippen LogP contribution in [0.3, 0.4) is 0 Å². The first kappa shape index (κ1) is 59.4. The van der Waals surface area contributed by atoms with Gasteiger partial charge in [-0.3, -0.25) is 19.5 Å². The highest BCUT2D eigenvalue weighted by Crippen LogP contribution is 2.40. The van der Waals surface area contributed by atoms with Crippen LogP contribution in [-0.4, -0.2) is 149 Å². The Morgan fingerprint density at radius 2 is 1.73 bits per heavy atom. The molecule has 3 aromatic carbocycles. The van der Waals surface area contributed by atoms with Crippen molar-refractivity contribution >= 4 is 56.7 Å². The number of likely N-dealkylation sites (tertiary alicyclic amines) is 1. The normalized spacial score (nSPS) is 20.8. The molecule has 5 aliphatic rings. The average Bonchev–Trinajstić information content (AvgIpc) is 2.34. The zero-order valence-corrected chi connectivity index (χ0v) is 50.8. The van der Waals surface area contributed by atoms with Crippen LogP contribution in [0.2, 0.25) is 0 Å². The van der Waals surface area contributed by atoms with Crippen LogP contribution >= 0.6 is 11.3 Å². The number of fused-ring (bicyclic) bond motifs is 5. The summed E-state index contributed by atoms with van der Waals surface area (Å²) in [7, 11) is 4.75. The second-order valence-corrected chi connectivity index (χ2v) is 24.5. The van der Waals surface area contributed by atoms with Gasteiger partial charge in [-0.1, -0.05) is 68.4 Å². The molecule has 21 heteroatoms. The zero-order chi connectivity index (χ0) is 59.5. The third-order valence-electron chi connectivity index (χ3n) is 17.6. The molecule has 85 heavy (non-hydrogen) atoms. The molecule has 7 unspecified atom stereocenters. The van der Waals surface area contributed by atoms with Gasteiger partial charge >= 0.3 is 12.1 Å². The van der Waals surface area contributed by atoms with E-state index in [4.69, 9.17) is 23.5 Å². The van der Waals surface area contributed by atoms with Crippen LogP contribution < -0.4 is 25.0 Å². The predicted octanol–water partition coefficient (Wildman–Crippen LogP) is 10.4. The topological polar surface area (TPSA) is 203 Å². The fourth-order valence-electron chi connectivity index (χ4n) is 13.3. The van der Waals surface area contributed by atoms with E-state index in [0.29, 0.717) is 77.7 Å². The Morgan fingerprint density at radius 3 is 2.46 bits per heavy atom. The summed E-state index contributed by atoms with van der Waals surface area (Å²) in [5, 5.41) is 13.4. The van der Waals surface area contributed by atoms with Crippen LogP contribution in [0.4, 0.5) is 15.0 Å². The van der Waals surface area contributed by atoms with Gasteiger partial charge in [0.05, 0.1) is 41.2 Å². The fraction of sp³-hybridized carbons (Fsp3) is 0.500. The predicted molar refractivity (Wildman–Crippen MR) is 324 cm³/mol. The Morgan fingerprint density at radius 1 is 0.941 bits per heavy atom. The number of anilines is 1. The number of piperazine rings is 1. The van der Waals surface area contributed by atoms with E-state index in [1.807, 2.05) is 69.6 Å². The smallest absolute Gasteiger partial charge is 0.409 e. The van der Waals surface area contributed by atoms with Crippen molar-refractivity contribution in [3.63, 3.8) is 0 Å². The van der Waals surface area contributed by atoms with Gasteiger partial charge in [0, 0.05) is 75.8 Å². The maximum Gasteiger partial charge on any atom is 0.409 e. The number of pyridine rings is 1. The summed E-state index contributed by atoms with van der Waals surface area (Å²) in [4.78, 5) is 67.5. The van der Waals surface area contributed by atoms with Gasteiger partial charge in [0.25, 0.3) is 0 Å². The maximum absolute atomic E-state index is 16.4. The highest BCUT2D eigenvalue weighted by molar-refractivity contribution is 7.13. The van der Waals surface area contributed by atoms with Gasteiger partial charge in [-0.05, 0) is 124 Å². The lowest BCUT2D eigenvalue weighted by molar-refractivity contribution is -0.141. The number of thiazole rings is 1. The lowest BCUT2D eigenvalue weighted by Crippen LogP contribution is -2.51. The summed E-state index contributed by atoms with van der Waals surface area (Å²) < 4.78 is 44.1. The van der Waals surface area contributed by atoms with E-state index in [1.165, 1.54) is 31.3 Å². The van der Waals surface area contributed by atoms with E-state index in [0.717, 1.165) is 89.8 Å². The standard InChI is InChI=1S/C36H48N6O5S.C28H30FN5O3/c1-22(2)32(31-18-27(39-47-31)19-40(5)36(45)46-20-29-15-14-28-8-6-16-41(28)29)35(44)42-17-7-9-30(42)34(43)38-23(3)25-10-12-26(13-11-25)33-24(4)37-21-48-33;1-4-16-6-5-7-17-10-20(37-15-35-2)11-21(23(16)17)25-24(29)26-22(12-30-25)27(33-28(32-26)36-3)34-13-18-8-9-19(14-34)31-18/h10-13,18,21-23,28-30,32H,6-9,14-17,19-20H2,1-5H3,(H,38,43);5-7,10-12,18-19,31H,4,8-9,13-15H2,1-3H3. The van der Waals surface area contributed by atoms with Crippen LogP contribution in [0.15, 0.2) is 76.9 Å². The number of nitrogens with zero attached hydrogens (tertiary/aromatic N) is 9. The summed E-state index contributed by atoms with van der Waals surface area (Å²) in [6.07, 6.45) is 10.4. The number of rotatable bonds is 18. The highest BCUT2D eigenvalue weighted by atomic mass is 32.1. The van der Waals surface area contributed by atoms with Crippen LogP contribution in [0.25, 0.3) is 43.4 Å². The van der Waals surface area contributed by atoms with Crippen LogP contribution in [-0.2, 0) is 32.0 Å².